The van der Waals surface area contributed by atoms with Gasteiger partial charge in [-0.2, -0.15) is 0 Å². The van der Waals surface area contributed by atoms with Crippen LogP contribution in [0, 0.1) is 3.57 Å². The Balaban J connectivity index is 2.53. The summed E-state index contributed by atoms with van der Waals surface area (Å²) in [5.41, 5.74) is 0.375. The summed E-state index contributed by atoms with van der Waals surface area (Å²) in [5.74, 6) is -0.650. The van der Waals surface area contributed by atoms with E-state index < -0.39 is 22.5 Å². The van der Waals surface area contributed by atoms with Crippen LogP contribution in [0.3, 0.4) is 0 Å². The van der Waals surface area contributed by atoms with Crippen LogP contribution in [-0.2, 0) is 19.6 Å². The molecule has 0 aliphatic rings. The molecule has 0 radical (unpaired) electrons. The van der Waals surface area contributed by atoms with E-state index in [2.05, 4.69) is 0 Å². The van der Waals surface area contributed by atoms with Crippen LogP contribution in [0.15, 0.2) is 47.4 Å². The minimum absolute atomic E-state index is 0.0658. The van der Waals surface area contributed by atoms with Crippen LogP contribution in [0.2, 0.25) is 10.0 Å². The summed E-state index contributed by atoms with van der Waals surface area (Å²) in [6.45, 7) is 2.94. The second-order valence-electron chi connectivity index (χ2n) is 5.58. The van der Waals surface area contributed by atoms with Crippen LogP contribution in [-0.4, -0.2) is 27.0 Å². The first kappa shape index (κ1) is 21.3. The SMILES string of the molecule is CC(C)OC(=O)CN(c1ccccc1I)S(=O)(=O)c1ccc(Cl)c(Cl)c1. The molecule has 0 spiro atoms. The summed E-state index contributed by atoms with van der Waals surface area (Å²) < 4.78 is 33.2. The van der Waals surface area contributed by atoms with Gasteiger partial charge in [0.15, 0.2) is 0 Å². The molecule has 2 rings (SSSR count). The zero-order chi connectivity index (χ0) is 19.5. The van der Waals surface area contributed by atoms with Crippen molar-refractivity contribution in [1.29, 1.82) is 0 Å². The number of hydrogen-bond acceptors (Lipinski definition) is 4. The fraction of sp³-hybridized carbons (Fsp3) is 0.235. The van der Waals surface area contributed by atoms with E-state index in [9.17, 15) is 13.2 Å². The van der Waals surface area contributed by atoms with E-state index in [0.717, 1.165) is 4.31 Å². The van der Waals surface area contributed by atoms with Gasteiger partial charge < -0.3 is 4.74 Å². The molecule has 0 aliphatic heterocycles. The molecular weight excluding hydrogens is 512 g/mol. The Morgan fingerprint density at radius 3 is 2.38 bits per heavy atom. The van der Waals surface area contributed by atoms with Gasteiger partial charge in [0.1, 0.15) is 6.54 Å². The van der Waals surface area contributed by atoms with Gasteiger partial charge in [-0.05, 0) is 66.8 Å². The fourth-order valence-corrected chi connectivity index (χ4v) is 4.80. The van der Waals surface area contributed by atoms with Crippen molar-refractivity contribution in [2.24, 2.45) is 0 Å². The molecule has 0 saturated carbocycles. The highest BCUT2D eigenvalue weighted by atomic mass is 127. The number of carbonyl (C=O) groups is 1. The van der Waals surface area contributed by atoms with Crippen molar-refractivity contribution in [2.75, 3.05) is 10.8 Å². The van der Waals surface area contributed by atoms with E-state index in [4.69, 9.17) is 27.9 Å². The lowest BCUT2D eigenvalue weighted by molar-refractivity contribution is -0.145. The molecule has 0 aliphatic carbocycles. The summed E-state index contributed by atoms with van der Waals surface area (Å²) >= 11 is 13.9. The Hall–Kier alpha value is -1.03. The third kappa shape index (κ3) is 5.03. The largest absolute Gasteiger partial charge is 0.462 e. The predicted octanol–water partition coefficient (Wildman–Crippen LogP) is 4.74. The molecule has 5 nitrogen and oxygen atoms in total. The predicted molar refractivity (Wildman–Crippen MR) is 111 cm³/mol. The number of ether oxygens (including phenoxy) is 1. The Morgan fingerprint density at radius 1 is 1.15 bits per heavy atom. The van der Waals surface area contributed by atoms with Crippen LogP contribution < -0.4 is 4.31 Å². The van der Waals surface area contributed by atoms with Crippen LogP contribution in [0.1, 0.15) is 13.8 Å². The van der Waals surface area contributed by atoms with Crippen molar-refractivity contribution in [1.82, 2.24) is 0 Å². The highest BCUT2D eigenvalue weighted by Gasteiger charge is 2.29. The van der Waals surface area contributed by atoms with Gasteiger partial charge in [-0.3, -0.25) is 9.10 Å². The van der Waals surface area contributed by atoms with E-state index in [0.29, 0.717) is 9.26 Å². The van der Waals surface area contributed by atoms with Crippen molar-refractivity contribution in [3.05, 3.63) is 56.1 Å². The van der Waals surface area contributed by atoms with Gasteiger partial charge in [-0.15, -0.1) is 0 Å². The summed E-state index contributed by atoms with van der Waals surface area (Å²) in [6, 6.07) is 10.9. The lowest BCUT2D eigenvalue weighted by Gasteiger charge is -2.25. The van der Waals surface area contributed by atoms with Gasteiger partial charge in [0.05, 0.1) is 26.7 Å². The van der Waals surface area contributed by atoms with Crippen molar-refractivity contribution in [2.45, 2.75) is 24.8 Å². The Morgan fingerprint density at radius 2 is 1.81 bits per heavy atom. The first-order valence-corrected chi connectivity index (χ1v) is 10.8. The van der Waals surface area contributed by atoms with E-state index in [1.807, 2.05) is 22.6 Å². The van der Waals surface area contributed by atoms with Gasteiger partial charge in [-0.25, -0.2) is 8.42 Å². The zero-order valence-electron chi connectivity index (χ0n) is 13.9. The summed E-state index contributed by atoms with van der Waals surface area (Å²) in [4.78, 5) is 12.1. The van der Waals surface area contributed by atoms with E-state index in [1.54, 1.807) is 38.1 Å². The number of sulfonamides is 1. The van der Waals surface area contributed by atoms with Crippen LogP contribution >= 0.6 is 45.8 Å². The normalized spacial score (nSPS) is 11.5. The smallest absolute Gasteiger partial charge is 0.327 e. The highest BCUT2D eigenvalue weighted by Crippen LogP contribution is 2.31. The maximum Gasteiger partial charge on any atom is 0.327 e. The molecule has 9 heteroatoms. The van der Waals surface area contributed by atoms with Crippen LogP contribution in [0.5, 0.6) is 0 Å². The van der Waals surface area contributed by atoms with E-state index in [1.165, 1.54) is 18.2 Å². The molecule has 2 aromatic carbocycles. The van der Waals surface area contributed by atoms with Gasteiger partial charge in [-0.1, -0.05) is 35.3 Å². The average molecular weight is 528 g/mol. The van der Waals surface area contributed by atoms with Gasteiger partial charge in [0.25, 0.3) is 10.0 Å². The van der Waals surface area contributed by atoms with Crippen LogP contribution in [0.4, 0.5) is 5.69 Å². The van der Waals surface area contributed by atoms with Crippen LogP contribution in [0.25, 0.3) is 0 Å². The second-order valence-corrected chi connectivity index (χ2v) is 9.42. The molecule has 0 amide bonds. The molecule has 0 bridgehead atoms. The molecular formula is C17H16Cl2INO4S. The Bertz CT molecular complexity index is 919. The lowest BCUT2D eigenvalue weighted by atomic mass is 10.3. The molecule has 0 saturated heterocycles. The third-order valence-electron chi connectivity index (χ3n) is 3.24. The number of benzene rings is 2. The topological polar surface area (TPSA) is 63.7 Å². The quantitative estimate of drug-likeness (QED) is 0.402. The number of nitrogens with zero attached hydrogens (tertiary/aromatic N) is 1. The first-order valence-electron chi connectivity index (χ1n) is 7.54. The number of anilines is 1. The minimum Gasteiger partial charge on any atom is -0.462 e. The molecule has 0 heterocycles. The number of carbonyl (C=O) groups excluding carboxylic acids is 1. The van der Waals surface area contributed by atoms with Gasteiger partial charge in [0.2, 0.25) is 0 Å². The minimum atomic E-state index is -4.06. The molecule has 140 valence electrons. The maximum atomic E-state index is 13.2. The second kappa shape index (κ2) is 8.77. The van der Waals surface area contributed by atoms with Crippen molar-refractivity contribution in [3.63, 3.8) is 0 Å². The number of esters is 1. The summed E-state index contributed by atoms with van der Waals surface area (Å²) in [6.07, 6.45) is -0.355. The summed E-state index contributed by atoms with van der Waals surface area (Å²) in [7, 11) is -4.06. The number of hydrogen-bond donors (Lipinski definition) is 0. The van der Waals surface area contributed by atoms with Gasteiger partial charge in [0, 0.05) is 3.57 Å². The molecule has 0 N–H and O–H groups in total. The maximum absolute atomic E-state index is 13.2. The lowest BCUT2D eigenvalue weighted by Crippen LogP contribution is -2.37. The number of halogens is 3. The van der Waals surface area contributed by atoms with Crippen molar-refractivity contribution in [3.8, 4) is 0 Å². The van der Waals surface area contributed by atoms with E-state index >= 15 is 0 Å². The van der Waals surface area contributed by atoms with Crippen molar-refractivity contribution >= 4 is 67.5 Å². The van der Waals surface area contributed by atoms with E-state index in [-0.39, 0.29) is 21.0 Å². The monoisotopic (exact) mass is 527 g/mol. The third-order valence-corrected chi connectivity index (χ3v) is 6.65. The molecule has 0 unspecified atom stereocenters. The average Bonchev–Trinajstić information content (AvgIpc) is 2.55. The summed E-state index contributed by atoms with van der Waals surface area (Å²) in [5, 5.41) is 0.353. The zero-order valence-corrected chi connectivity index (χ0v) is 18.4. The number of para-hydroxylation sites is 1. The van der Waals surface area contributed by atoms with Crippen molar-refractivity contribution < 1.29 is 17.9 Å². The molecule has 2 aromatic rings. The molecule has 0 aromatic heterocycles. The number of rotatable bonds is 6. The Kier molecular flexibility index (Phi) is 7.18. The fourth-order valence-electron chi connectivity index (χ4n) is 2.14. The molecule has 26 heavy (non-hydrogen) atoms. The molecule has 0 fully saturated rings. The first-order chi connectivity index (χ1) is 12.1. The Labute approximate surface area is 176 Å². The standard InChI is InChI=1S/C17H16Cl2INO4S/c1-11(2)25-17(22)10-21(16-6-4-3-5-15(16)20)26(23,24)12-7-8-13(18)14(19)9-12/h3-9,11H,10H2,1-2H3. The van der Waals surface area contributed by atoms with Gasteiger partial charge >= 0.3 is 5.97 Å². The molecule has 0 atom stereocenters. The highest BCUT2D eigenvalue weighted by molar-refractivity contribution is 14.1.